The highest BCUT2D eigenvalue weighted by molar-refractivity contribution is 7.08. The van der Waals surface area contributed by atoms with Gasteiger partial charge in [-0.3, -0.25) is 9.59 Å². The van der Waals surface area contributed by atoms with Crippen LogP contribution in [-0.2, 0) is 0 Å². The van der Waals surface area contributed by atoms with Crippen molar-refractivity contribution >= 4 is 28.3 Å². The summed E-state index contributed by atoms with van der Waals surface area (Å²) in [6.45, 7) is 14.2. The van der Waals surface area contributed by atoms with E-state index in [1.807, 2.05) is 13.8 Å². The second kappa shape index (κ2) is 11.1. The summed E-state index contributed by atoms with van der Waals surface area (Å²) < 4.78 is 2.22. The summed E-state index contributed by atoms with van der Waals surface area (Å²) in [4.78, 5) is 25.4. The topological polar surface area (TPSA) is 39.1 Å². The molecule has 3 heterocycles. The van der Waals surface area contributed by atoms with Gasteiger partial charge in [-0.05, 0) is 96.0 Å². The molecule has 0 radical (unpaired) electrons. The average molecular weight is 466 g/mol. The van der Waals surface area contributed by atoms with Crippen molar-refractivity contribution in [2.45, 2.75) is 72.8 Å². The smallest absolute Gasteiger partial charge is 0.193 e. The van der Waals surface area contributed by atoms with E-state index >= 15 is 0 Å². The normalized spacial score (nSPS) is 19.8. The van der Waals surface area contributed by atoms with E-state index in [1.165, 1.54) is 41.2 Å². The van der Waals surface area contributed by atoms with Crippen LogP contribution in [0.15, 0.2) is 58.2 Å². The second-order valence-corrected chi connectivity index (χ2v) is 9.78. The molecular weight excluding hydrogens is 426 g/mol. The summed E-state index contributed by atoms with van der Waals surface area (Å²) in [6.07, 6.45) is 10.8. The Morgan fingerprint density at radius 1 is 1.27 bits per heavy atom. The molecule has 0 amide bonds. The molecule has 0 N–H and O–H groups in total. The second-order valence-electron chi connectivity index (χ2n) is 9.00. The van der Waals surface area contributed by atoms with Gasteiger partial charge in [0, 0.05) is 25.4 Å². The minimum Gasteiger partial charge on any atom is -0.343 e. The molecule has 0 spiro atoms. The largest absolute Gasteiger partial charge is 0.343 e. The molecule has 0 saturated heterocycles. The Hall–Kier alpha value is -2.46. The van der Waals surface area contributed by atoms with E-state index in [2.05, 4.69) is 54.8 Å². The minimum absolute atomic E-state index is 0. The highest BCUT2D eigenvalue weighted by Gasteiger charge is 2.32. The minimum atomic E-state index is -0.303. The van der Waals surface area contributed by atoms with E-state index in [9.17, 15) is 9.59 Å². The van der Waals surface area contributed by atoms with Gasteiger partial charge in [0.15, 0.2) is 11.2 Å². The Morgan fingerprint density at radius 3 is 2.55 bits per heavy atom. The first-order valence-electron chi connectivity index (χ1n) is 12.3. The van der Waals surface area contributed by atoms with E-state index in [4.69, 9.17) is 0 Å². The molecule has 178 valence electrons. The number of hydrogen-bond acceptors (Lipinski definition) is 3. The van der Waals surface area contributed by atoms with Crippen LogP contribution in [0.1, 0.15) is 95.8 Å². The first-order chi connectivity index (χ1) is 16.0. The Balaban J connectivity index is 0.00000133. The van der Waals surface area contributed by atoms with E-state index < -0.39 is 0 Å². The van der Waals surface area contributed by atoms with Gasteiger partial charge >= 0.3 is 0 Å². The van der Waals surface area contributed by atoms with Gasteiger partial charge in [-0.25, -0.2) is 0 Å². The first-order valence-corrected chi connectivity index (χ1v) is 13.3. The third kappa shape index (κ3) is 5.22. The predicted molar refractivity (Wildman–Crippen MR) is 144 cm³/mol. The lowest BCUT2D eigenvalue weighted by molar-refractivity contribution is 0.104. The van der Waals surface area contributed by atoms with Gasteiger partial charge in [-0.1, -0.05) is 40.3 Å². The molecule has 3 nitrogen and oxygen atoms in total. The standard InChI is InChI=1S/C27H31NO2S.C2H6.H2/c1-5-20(18-10-11-18)27(19-12-13-31-16-19)21-8-7-9-23(17(3)4)28-15-22(25(29)6-2)26(30)14-24(21)28;1-2;/h5-6,12-18,23H,2,7-11H2,1,3-4H3;1-2H3;1H/b20-5+,27-21+;;. The highest BCUT2D eigenvalue weighted by Crippen LogP contribution is 2.48. The van der Waals surface area contributed by atoms with E-state index in [1.54, 1.807) is 23.6 Å². The molecule has 4 rings (SSSR count). The van der Waals surface area contributed by atoms with Crippen LogP contribution in [0, 0.1) is 11.8 Å². The van der Waals surface area contributed by atoms with Gasteiger partial charge in [0.05, 0.1) is 5.56 Å². The average Bonchev–Trinajstić information content (AvgIpc) is 3.55. The number of pyridine rings is 1. The molecule has 1 fully saturated rings. The molecule has 33 heavy (non-hydrogen) atoms. The number of carbonyl (C=O) groups excluding carboxylic acids is 1. The van der Waals surface area contributed by atoms with Crippen molar-refractivity contribution in [3.8, 4) is 0 Å². The molecule has 2 aromatic rings. The van der Waals surface area contributed by atoms with Crippen LogP contribution < -0.4 is 5.43 Å². The fourth-order valence-electron chi connectivity index (χ4n) is 4.92. The Morgan fingerprint density at radius 2 is 2.00 bits per heavy atom. The van der Waals surface area contributed by atoms with E-state index in [-0.39, 0.29) is 24.2 Å². The number of allylic oxidation sites excluding steroid dienone is 5. The van der Waals surface area contributed by atoms with Gasteiger partial charge in [0.25, 0.3) is 0 Å². The zero-order valence-corrected chi connectivity index (χ0v) is 21.5. The van der Waals surface area contributed by atoms with Gasteiger partial charge in [0.1, 0.15) is 0 Å². The van der Waals surface area contributed by atoms with Crippen LogP contribution in [0.2, 0.25) is 0 Å². The summed E-state index contributed by atoms with van der Waals surface area (Å²) >= 11 is 1.71. The van der Waals surface area contributed by atoms with Gasteiger partial charge in [0.2, 0.25) is 0 Å². The summed E-state index contributed by atoms with van der Waals surface area (Å²) in [5, 5.41) is 4.35. The number of hydrogen-bond donors (Lipinski definition) is 0. The molecule has 1 saturated carbocycles. The summed E-state index contributed by atoms with van der Waals surface area (Å²) in [5.41, 5.74) is 6.17. The lowest BCUT2D eigenvalue weighted by Gasteiger charge is -2.26. The summed E-state index contributed by atoms with van der Waals surface area (Å²) in [6, 6.07) is 4.16. The summed E-state index contributed by atoms with van der Waals surface area (Å²) in [7, 11) is 0. The van der Waals surface area contributed by atoms with E-state index in [0.717, 1.165) is 25.0 Å². The fourth-order valence-corrected chi connectivity index (χ4v) is 5.57. The van der Waals surface area contributed by atoms with Crippen molar-refractivity contribution in [2.75, 3.05) is 0 Å². The summed E-state index contributed by atoms with van der Waals surface area (Å²) in [5.74, 6) is 0.711. The zero-order chi connectivity index (χ0) is 24.1. The quantitative estimate of drug-likeness (QED) is 0.318. The SMILES string of the molecule is C=CC(=O)c1cn2c(cc1=O)/C(=C(/C(=C/C)C1CC1)c1ccsc1)CCCC2C(C)C.CC.[HH]. The van der Waals surface area contributed by atoms with Crippen molar-refractivity contribution in [1.29, 1.82) is 0 Å². The molecule has 1 aliphatic heterocycles. The predicted octanol–water partition coefficient (Wildman–Crippen LogP) is 8.20. The molecule has 1 aliphatic carbocycles. The van der Waals surface area contributed by atoms with Gasteiger partial charge < -0.3 is 4.57 Å². The molecule has 1 unspecified atom stereocenters. The molecular formula is C29H39NO2S. The Kier molecular flexibility index (Phi) is 8.47. The van der Waals surface area contributed by atoms with Gasteiger partial charge in [-0.2, -0.15) is 11.3 Å². The van der Waals surface area contributed by atoms with Crippen LogP contribution in [0.5, 0.6) is 0 Å². The lowest BCUT2D eigenvalue weighted by Crippen LogP contribution is -2.23. The maximum Gasteiger partial charge on any atom is 0.193 e. The van der Waals surface area contributed by atoms with Crippen molar-refractivity contribution in [3.05, 3.63) is 80.4 Å². The fraction of sp³-hybridized carbons (Fsp3) is 0.448. The third-order valence-electron chi connectivity index (χ3n) is 6.62. The van der Waals surface area contributed by atoms with Crippen LogP contribution in [-0.4, -0.2) is 10.4 Å². The van der Waals surface area contributed by atoms with E-state index in [0.29, 0.717) is 11.8 Å². The molecule has 2 aromatic heterocycles. The number of fused-ring (bicyclic) bond motifs is 1. The van der Waals surface area contributed by atoms with Crippen molar-refractivity contribution < 1.29 is 6.22 Å². The molecule has 2 aliphatic rings. The van der Waals surface area contributed by atoms with Crippen molar-refractivity contribution in [1.82, 2.24) is 4.57 Å². The number of thiophene rings is 1. The first kappa shape index (κ1) is 25.2. The highest BCUT2D eigenvalue weighted by atomic mass is 32.1. The van der Waals surface area contributed by atoms with Crippen LogP contribution in [0.25, 0.3) is 11.1 Å². The maximum absolute atomic E-state index is 13.0. The number of ketones is 1. The van der Waals surface area contributed by atoms with Crippen LogP contribution in [0.4, 0.5) is 0 Å². The Labute approximate surface area is 204 Å². The van der Waals surface area contributed by atoms with Gasteiger partial charge in [-0.15, -0.1) is 0 Å². The number of rotatable bonds is 6. The number of aromatic nitrogens is 1. The molecule has 0 aromatic carbocycles. The maximum atomic E-state index is 13.0. The Bertz CT molecular complexity index is 1120. The molecule has 1 atom stereocenters. The lowest BCUT2D eigenvalue weighted by atomic mass is 9.87. The number of carbonyl (C=O) groups is 1. The van der Waals surface area contributed by atoms with Crippen LogP contribution in [0.3, 0.4) is 0 Å². The van der Waals surface area contributed by atoms with Crippen molar-refractivity contribution in [3.63, 3.8) is 0 Å². The van der Waals surface area contributed by atoms with Crippen molar-refractivity contribution in [2.24, 2.45) is 11.8 Å². The molecule has 4 heteroatoms. The number of nitrogens with zero attached hydrogens (tertiary/aromatic N) is 1. The molecule has 0 bridgehead atoms. The monoisotopic (exact) mass is 465 g/mol. The third-order valence-corrected chi connectivity index (χ3v) is 7.30. The van der Waals surface area contributed by atoms with Crippen LogP contribution >= 0.6 is 11.3 Å². The zero-order valence-electron chi connectivity index (χ0n) is 20.7.